The van der Waals surface area contributed by atoms with Crippen molar-refractivity contribution in [3.8, 4) is 0 Å². The molecule has 1 aliphatic heterocycles. The van der Waals surface area contributed by atoms with Gasteiger partial charge in [-0.25, -0.2) is 0 Å². The lowest BCUT2D eigenvalue weighted by molar-refractivity contribution is 0.141. The molecule has 0 bridgehead atoms. The number of hydrogen-bond donors (Lipinski definition) is 2. The fourth-order valence-corrected chi connectivity index (χ4v) is 4.89. The van der Waals surface area contributed by atoms with Crippen LogP contribution >= 0.6 is 27.3 Å². The summed E-state index contributed by atoms with van der Waals surface area (Å²) in [4.78, 5) is 1.40. The maximum atomic E-state index is 3.81. The predicted molar refractivity (Wildman–Crippen MR) is 87.9 cm³/mol. The van der Waals surface area contributed by atoms with Crippen molar-refractivity contribution in [2.75, 3.05) is 0 Å². The van der Waals surface area contributed by atoms with E-state index in [1.165, 1.54) is 22.2 Å². The Morgan fingerprint density at radius 1 is 1.32 bits per heavy atom. The minimum absolute atomic E-state index is 0.204. The Kier molecular flexibility index (Phi) is 4.46. The molecule has 2 N–H and O–H groups in total. The molecule has 1 saturated heterocycles. The molecule has 2 rings (SSSR count). The van der Waals surface area contributed by atoms with Crippen molar-refractivity contribution in [2.24, 2.45) is 0 Å². The number of nitrogens with one attached hydrogen (secondary N) is 2. The monoisotopic (exact) mass is 344 g/mol. The number of piperidine rings is 1. The Bertz CT molecular complexity index is 423. The van der Waals surface area contributed by atoms with Crippen LogP contribution in [0.3, 0.4) is 0 Å². The molecule has 1 aromatic heterocycles. The Labute approximate surface area is 129 Å². The zero-order chi connectivity index (χ0) is 14.3. The molecule has 0 aromatic carbocycles. The zero-order valence-electron chi connectivity index (χ0n) is 12.5. The molecule has 1 fully saturated rings. The fraction of sp³-hybridized carbons (Fsp3) is 0.733. The number of hydrogen-bond acceptors (Lipinski definition) is 3. The van der Waals surface area contributed by atoms with Gasteiger partial charge in [-0.15, -0.1) is 11.3 Å². The van der Waals surface area contributed by atoms with Gasteiger partial charge in [-0.2, -0.15) is 0 Å². The third kappa shape index (κ3) is 4.28. The van der Waals surface area contributed by atoms with Gasteiger partial charge in [-0.05, 0) is 69.5 Å². The Morgan fingerprint density at radius 3 is 2.37 bits per heavy atom. The molecule has 0 saturated carbocycles. The molecule has 1 atom stereocenters. The molecule has 1 aromatic rings. The van der Waals surface area contributed by atoms with Gasteiger partial charge in [0.1, 0.15) is 0 Å². The summed E-state index contributed by atoms with van der Waals surface area (Å²) >= 11 is 5.36. The van der Waals surface area contributed by atoms with Gasteiger partial charge in [-0.1, -0.05) is 0 Å². The number of halogens is 1. The summed E-state index contributed by atoms with van der Waals surface area (Å²) in [6, 6.07) is 3.22. The molecule has 1 aliphatic rings. The van der Waals surface area contributed by atoms with Crippen LogP contribution in [-0.4, -0.2) is 17.1 Å². The molecule has 108 valence electrons. The highest BCUT2D eigenvalue weighted by Gasteiger charge is 2.37. The molecular weight excluding hydrogens is 320 g/mol. The van der Waals surface area contributed by atoms with E-state index in [9.17, 15) is 0 Å². The van der Waals surface area contributed by atoms with Crippen molar-refractivity contribution in [2.45, 2.75) is 70.6 Å². The van der Waals surface area contributed by atoms with Gasteiger partial charge in [0.2, 0.25) is 0 Å². The van der Waals surface area contributed by atoms with Gasteiger partial charge in [0.25, 0.3) is 0 Å². The van der Waals surface area contributed by atoms with E-state index < -0.39 is 0 Å². The highest BCUT2D eigenvalue weighted by molar-refractivity contribution is 9.10. The van der Waals surface area contributed by atoms with E-state index in [4.69, 9.17) is 0 Å². The predicted octanol–water partition coefficient (Wildman–Crippen LogP) is 4.47. The first-order chi connectivity index (χ1) is 8.67. The number of rotatable bonds is 3. The maximum absolute atomic E-state index is 3.81. The first-order valence-electron chi connectivity index (χ1n) is 6.96. The average molecular weight is 345 g/mol. The van der Waals surface area contributed by atoms with Gasteiger partial charge in [0.05, 0.1) is 0 Å². The smallest absolute Gasteiger partial charge is 0.0388 e. The fourth-order valence-electron chi connectivity index (χ4n) is 3.43. The Hall–Kier alpha value is 0.1000. The van der Waals surface area contributed by atoms with Crippen LogP contribution in [0.25, 0.3) is 0 Å². The minimum Gasteiger partial charge on any atom is -0.307 e. The third-order valence-corrected chi connectivity index (χ3v) is 5.57. The quantitative estimate of drug-likeness (QED) is 0.845. The van der Waals surface area contributed by atoms with E-state index in [1.54, 1.807) is 0 Å². The summed E-state index contributed by atoms with van der Waals surface area (Å²) in [5.74, 6) is 0. The first-order valence-corrected chi connectivity index (χ1v) is 8.63. The van der Waals surface area contributed by atoms with Crippen LogP contribution in [0, 0.1) is 0 Å². The highest BCUT2D eigenvalue weighted by atomic mass is 79.9. The highest BCUT2D eigenvalue weighted by Crippen LogP contribution is 2.31. The average Bonchev–Trinajstić information content (AvgIpc) is 2.59. The summed E-state index contributed by atoms with van der Waals surface area (Å²) in [5, 5.41) is 9.70. The van der Waals surface area contributed by atoms with Gasteiger partial charge in [0, 0.05) is 37.9 Å². The first kappa shape index (κ1) is 15.5. The summed E-state index contributed by atoms with van der Waals surface area (Å²) in [6.07, 6.45) is 2.35. The summed E-state index contributed by atoms with van der Waals surface area (Å²) in [7, 11) is 0. The van der Waals surface area contributed by atoms with E-state index in [0.717, 1.165) is 0 Å². The molecular formula is C15H25BrN2S. The Balaban J connectivity index is 2.02. The molecule has 0 aliphatic carbocycles. The summed E-state index contributed by atoms with van der Waals surface area (Å²) in [6.45, 7) is 11.5. The second-order valence-electron chi connectivity index (χ2n) is 7.05. The Morgan fingerprint density at radius 2 is 1.89 bits per heavy atom. The van der Waals surface area contributed by atoms with Crippen LogP contribution in [0.2, 0.25) is 0 Å². The van der Waals surface area contributed by atoms with E-state index in [0.29, 0.717) is 12.1 Å². The standard InChI is InChI=1S/C15H25BrN2S/c1-10(13-6-11(16)9-19-13)17-12-7-14(2,3)18-15(4,5)8-12/h6,9-10,12,17-18H,7-8H2,1-5H3. The molecule has 0 radical (unpaired) electrons. The van der Waals surface area contributed by atoms with Crippen molar-refractivity contribution < 1.29 is 0 Å². The molecule has 19 heavy (non-hydrogen) atoms. The van der Waals surface area contributed by atoms with Crippen molar-refractivity contribution in [3.63, 3.8) is 0 Å². The van der Waals surface area contributed by atoms with Crippen LogP contribution < -0.4 is 10.6 Å². The van der Waals surface area contributed by atoms with Crippen LogP contribution in [0.15, 0.2) is 15.9 Å². The normalized spacial score (nSPS) is 24.3. The van der Waals surface area contributed by atoms with E-state index in [-0.39, 0.29) is 11.1 Å². The van der Waals surface area contributed by atoms with Crippen LogP contribution in [0.1, 0.15) is 58.4 Å². The summed E-state index contributed by atoms with van der Waals surface area (Å²) in [5.41, 5.74) is 0.407. The third-order valence-electron chi connectivity index (χ3n) is 3.69. The van der Waals surface area contributed by atoms with Gasteiger partial charge in [0.15, 0.2) is 0 Å². The van der Waals surface area contributed by atoms with Crippen LogP contribution in [0.5, 0.6) is 0 Å². The molecule has 0 amide bonds. The molecule has 2 nitrogen and oxygen atoms in total. The van der Waals surface area contributed by atoms with E-state index >= 15 is 0 Å². The lowest BCUT2D eigenvalue weighted by Crippen LogP contribution is -2.61. The SMILES string of the molecule is CC(NC1CC(C)(C)NC(C)(C)C1)c1cc(Br)cs1. The molecule has 2 heterocycles. The summed E-state index contributed by atoms with van der Waals surface area (Å²) < 4.78 is 1.19. The second kappa shape index (κ2) is 5.47. The minimum atomic E-state index is 0.204. The van der Waals surface area contributed by atoms with Gasteiger partial charge in [-0.3, -0.25) is 0 Å². The maximum Gasteiger partial charge on any atom is 0.0388 e. The van der Waals surface area contributed by atoms with Gasteiger partial charge < -0.3 is 10.6 Å². The zero-order valence-corrected chi connectivity index (χ0v) is 14.9. The van der Waals surface area contributed by atoms with E-state index in [1.807, 2.05) is 11.3 Å². The van der Waals surface area contributed by atoms with Gasteiger partial charge >= 0.3 is 0 Å². The number of thiophene rings is 1. The van der Waals surface area contributed by atoms with Crippen molar-refractivity contribution in [1.82, 2.24) is 10.6 Å². The lowest BCUT2D eigenvalue weighted by Gasteiger charge is -2.47. The van der Waals surface area contributed by atoms with Crippen molar-refractivity contribution >= 4 is 27.3 Å². The van der Waals surface area contributed by atoms with Crippen molar-refractivity contribution in [3.05, 3.63) is 20.8 Å². The topological polar surface area (TPSA) is 24.1 Å². The lowest BCUT2D eigenvalue weighted by atomic mass is 9.79. The van der Waals surface area contributed by atoms with Crippen LogP contribution in [0.4, 0.5) is 0 Å². The van der Waals surface area contributed by atoms with E-state index in [2.05, 4.69) is 72.6 Å². The molecule has 0 spiro atoms. The van der Waals surface area contributed by atoms with Crippen molar-refractivity contribution in [1.29, 1.82) is 0 Å². The second-order valence-corrected chi connectivity index (χ2v) is 8.91. The largest absolute Gasteiger partial charge is 0.307 e. The van der Waals surface area contributed by atoms with Crippen LogP contribution in [-0.2, 0) is 0 Å². The molecule has 4 heteroatoms. The molecule has 1 unspecified atom stereocenters.